The van der Waals surface area contributed by atoms with E-state index < -0.39 is 6.10 Å². The molecule has 3 rings (SSSR count). The van der Waals surface area contributed by atoms with Crippen molar-refractivity contribution in [1.29, 1.82) is 0 Å². The summed E-state index contributed by atoms with van der Waals surface area (Å²) >= 11 is 5.94. The largest absolute Gasteiger partial charge is 0.497 e. The average molecular weight is 402 g/mol. The first-order valence-corrected chi connectivity index (χ1v) is 8.98. The molecule has 0 fully saturated rings. The van der Waals surface area contributed by atoms with Crippen LogP contribution < -0.4 is 9.47 Å². The Morgan fingerprint density at radius 1 is 1.21 bits per heavy atom. The summed E-state index contributed by atoms with van der Waals surface area (Å²) in [5, 5.41) is 4.51. The highest BCUT2D eigenvalue weighted by Crippen LogP contribution is 2.22. The van der Waals surface area contributed by atoms with Crippen molar-refractivity contribution in [2.45, 2.75) is 19.6 Å². The van der Waals surface area contributed by atoms with E-state index in [-0.39, 0.29) is 12.5 Å². The lowest BCUT2D eigenvalue weighted by molar-refractivity contribution is -0.137. The standard InChI is InChI=1S/C20H20ClN3O4/c1-13(27-17-9-5-7-15(21)11-17)20(25)24(2)12-18-22-19(23-28-18)14-6-4-8-16(10-14)26-3/h4-11,13H,12H2,1-3H3/t13-/m1/s1. The molecule has 1 heterocycles. The molecule has 3 aromatic rings. The summed E-state index contributed by atoms with van der Waals surface area (Å²) in [6, 6.07) is 14.2. The SMILES string of the molecule is COc1cccc(-c2noc(CN(C)C(=O)[C@@H](C)Oc3cccc(Cl)c3)n2)c1. The Morgan fingerprint density at radius 2 is 1.96 bits per heavy atom. The van der Waals surface area contributed by atoms with Gasteiger partial charge in [0.05, 0.1) is 13.7 Å². The number of carbonyl (C=O) groups is 1. The molecule has 1 atom stereocenters. The van der Waals surface area contributed by atoms with Crippen LogP contribution in [0.2, 0.25) is 5.02 Å². The molecule has 0 saturated heterocycles. The molecule has 0 spiro atoms. The van der Waals surface area contributed by atoms with Crippen LogP contribution in [0.25, 0.3) is 11.4 Å². The van der Waals surface area contributed by atoms with Crippen molar-refractivity contribution >= 4 is 17.5 Å². The number of hydrogen-bond acceptors (Lipinski definition) is 6. The van der Waals surface area contributed by atoms with Crippen molar-refractivity contribution < 1.29 is 18.8 Å². The van der Waals surface area contributed by atoms with Gasteiger partial charge in [-0.3, -0.25) is 4.79 Å². The predicted octanol–water partition coefficient (Wildman–Crippen LogP) is 3.82. The van der Waals surface area contributed by atoms with Crippen molar-refractivity contribution in [3.05, 3.63) is 59.4 Å². The van der Waals surface area contributed by atoms with Crippen LogP contribution in [-0.4, -0.2) is 41.2 Å². The van der Waals surface area contributed by atoms with Gasteiger partial charge in [-0.05, 0) is 37.3 Å². The molecular formula is C20H20ClN3O4. The first-order valence-electron chi connectivity index (χ1n) is 8.60. The minimum Gasteiger partial charge on any atom is -0.497 e. The number of benzene rings is 2. The second-order valence-corrected chi connectivity index (χ2v) is 6.59. The molecule has 0 aliphatic heterocycles. The van der Waals surface area contributed by atoms with E-state index in [0.717, 1.165) is 5.56 Å². The summed E-state index contributed by atoms with van der Waals surface area (Å²) in [7, 11) is 3.24. The monoisotopic (exact) mass is 401 g/mol. The van der Waals surface area contributed by atoms with Crippen LogP contribution in [0.5, 0.6) is 11.5 Å². The van der Waals surface area contributed by atoms with Crippen LogP contribution in [0.1, 0.15) is 12.8 Å². The van der Waals surface area contributed by atoms with E-state index in [1.54, 1.807) is 45.3 Å². The molecule has 0 unspecified atom stereocenters. The van der Waals surface area contributed by atoms with Gasteiger partial charge in [0, 0.05) is 17.6 Å². The number of ether oxygens (including phenoxy) is 2. The molecule has 0 saturated carbocycles. The molecular weight excluding hydrogens is 382 g/mol. The van der Waals surface area contributed by atoms with Crippen LogP contribution >= 0.6 is 11.6 Å². The quantitative estimate of drug-likeness (QED) is 0.598. The maximum atomic E-state index is 12.6. The van der Waals surface area contributed by atoms with Crippen molar-refractivity contribution in [2.24, 2.45) is 0 Å². The molecule has 0 N–H and O–H groups in total. The molecule has 2 aromatic carbocycles. The van der Waals surface area contributed by atoms with E-state index in [0.29, 0.717) is 28.2 Å². The average Bonchev–Trinajstić information content (AvgIpc) is 3.16. The lowest BCUT2D eigenvalue weighted by atomic mass is 10.2. The maximum absolute atomic E-state index is 12.6. The van der Waals surface area contributed by atoms with Crippen LogP contribution in [0.15, 0.2) is 53.1 Å². The van der Waals surface area contributed by atoms with Crippen molar-refractivity contribution in [1.82, 2.24) is 15.0 Å². The van der Waals surface area contributed by atoms with Crippen molar-refractivity contribution in [3.63, 3.8) is 0 Å². The maximum Gasteiger partial charge on any atom is 0.263 e. The van der Waals surface area contributed by atoms with Gasteiger partial charge in [0.25, 0.3) is 5.91 Å². The van der Waals surface area contributed by atoms with E-state index in [1.165, 1.54) is 4.90 Å². The van der Waals surface area contributed by atoms with Gasteiger partial charge in [-0.1, -0.05) is 35.0 Å². The molecule has 0 aliphatic rings. The molecule has 7 nitrogen and oxygen atoms in total. The summed E-state index contributed by atoms with van der Waals surface area (Å²) in [6.07, 6.45) is -0.691. The van der Waals surface area contributed by atoms with Gasteiger partial charge in [0.15, 0.2) is 6.10 Å². The molecule has 1 aromatic heterocycles. The molecule has 0 radical (unpaired) electrons. The second kappa shape index (κ2) is 8.75. The van der Waals surface area contributed by atoms with Crippen LogP contribution in [0.4, 0.5) is 0 Å². The van der Waals surface area contributed by atoms with E-state index >= 15 is 0 Å². The van der Waals surface area contributed by atoms with Gasteiger partial charge in [-0.15, -0.1) is 0 Å². The zero-order chi connectivity index (χ0) is 20.1. The number of amides is 1. The Labute approximate surface area is 167 Å². The third-order valence-electron chi connectivity index (χ3n) is 4.00. The van der Waals surface area contributed by atoms with E-state index in [4.69, 9.17) is 25.6 Å². The summed E-state index contributed by atoms with van der Waals surface area (Å²) < 4.78 is 16.1. The van der Waals surface area contributed by atoms with Gasteiger partial charge in [-0.2, -0.15) is 4.98 Å². The number of rotatable bonds is 7. The lowest BCUT2D eigenvalue weighted by Gasteiger charge is -2.20. The fraction of sp³-hybridized carbons (Fsp3) is 0.250. The fourth-order valence-electron chi connectivity index (χ4n) is 2.58. The number of likely N-dealkylation sites (N-methyl/N-ethyl adjacent to an activating group) is 1. The smallest absolute Gasteiger partial charge is 0.263 e. The summed E-state index contributed by atoms with van der Waals surface area (Å²) in [6.45, 7) is 1.84. The van der Waals surface area contributed by atoms with Gasteiger partial charge >= 0.3 is 0 Å². The Bertz CT molecular complexity index is 960. The van der Waals surface area contributed by atoms with Gasteiger partial charge < -0.3 is 18.9 Å². The highest BCUT2D eigenvalue weighted by atomic mass is 35.5. The van der Waals surface area contributed by atoms with Gasteiger partial charge in [-0.25, -0.2) is 0 Å². The fourth-order valence-corrected chi connectivity index (χ4v) is 2.76. The van der Waals surface area contributed by atoms with E-state index in [2.05, 4.69) is 10.1 Å². The summed E-state index contributed by atoms with van der Waals surface area (Å²) in [4.78, 5) is 18.4. The first kappa shape index (κ1) is 19.7. The Hall–Kier alpha value is -3.06. The first-order chi connectivity index (χ1) is 13.5. The normalized spacial score (nSPS) is 11.7. The van der Waals surface area contributed by atoms with Gasteiger partial charge in [0.2, 0.25) is 11.7 Å². The minimum absolute atomic E-state index is 0.166. The van der Waals surface area contributed by atoms with E-state index in [9.17, 15) is 4.79 Å². The zero-order valence-corrected chi connectivity index (χ0v) is 16.5. The molecule has 1 amide bonds. The number of methoxy groups -OCH3 is 1. The van der Waals surface area contributed by atoms with Crippen LogP contribution in [0.3, 0.4) is 0 Å². The lowest BCUT2D eigenvalue weighted by Crippen LogP contribution is -2.37. The van der Waals surface area contributed by atoms with E-state index in [1.807, 2.05) is 24.3 Å². The number of hydrogen-bond donors (Lipinski definition) is 0. The number of aromatic nitrogens is 2. The third kappa shape index (κ3) is 4.80. The predicted molar refractivity (Wildman–Crippen MR) is 104 cm³/mol. The summed E-state index contributed by atoms with van der Waals surface area (Å²) in [5.74, 6) is 1.76. The Morgan fingerprint density at radius 3 is 2.71 bits per heavy atom. The van der Waals surface area contributed by atoms with Crippen LogP contribution in [0, 0.1) is 0 Å². The zero-order valence-electron chi connectivity index (χ0n) is 15.8. The van der Waals surface area contributed by atoms with Crippen LogP contribution in [-0.2, 0) is 11.3 Å². The summed E-state index contributed by atoms with van der Waals surface area (Å²) in [5.41, 5.74) is 0.765. The number of halogens is 1. The Balaban J connectivity index is 1.63. The third-order valence-corrected chi connectivity index (χ3v) is 4.24. The second-order valence-electron chi connectivity index (χ2n) is 6.16. The molecule has 28 heavy (non-hydrogen) atoms. The highest BCUT2D eigenvalue weighted by Gasteiger charge is 2.21. The Kier molecular flexibility index (Phi) is 6.16. The number of nitrogens with zero attached hydrogens (tertiary/aromatic N) is 3. The molecule has 0 aliphatic carbocycles. The highest BCUT2D eigenvalue weighted by molar-refractivity contribution is 6.30. The molecule has 0 bridgehead atoms. The topological polar surface area (TPSA) is 77.7 Å². The van der Waals surface area contributed by atoms with Crippen molar-refractivity contribution in [3.8, 4) is 22.9 Å². The molecule has 8 heteroatoms. The number of carbonyl (C=O) groups excluding carboxylic acids is 1. The van der Waals surface area contributed by atoms with Crippen molar-refractivity contribution in [2.75, 3.05) is 14.2 Å². The van der Waals surface area contributed by atoms with Gasteiger partial charge in [0.1, 0.15) is 11.5 Å². The molecule has 146 valence electrons. The minimum atomic E-state index is -0.691.